The second kappa shape index (κ2) is 4.68. The maximum atomic E-state index is 9.56. The standard InChI is InChI=1S/C12H13NO3Si/c14-17(15,16)13(11-7-3-1-4-8-11)12-9-5-2-6-10-12/h1-10,14-16H. The Bertz CT molecular complexity index is 431. The van der Waals surface area contributed by atoms with Gasteiger partial charge in [0, 0.05) is 11.4 Å². The van der Waals surface area contributed by atoms with Crippen molar-refractivity contribution in [2.24, 2.45) is 0 Å². The summed E-state index contributed by atoms with van der Waals surface area (Å²) < 4.78 is 1.16. The molecule has 0 atom stereocenters. The lowest BCUT2D eigenvalue weighted by Gasteiger charge is -2.29. The topological polar surface area (TPSA) is 63.9 Å². The first-order valence-corrected chi connectivity index (χ1v) is 6.95. The van der Waals surface area contributed by atoms with E-state index < -0.39 is 8.97 Å². The largest absolute Gasteiger partial charge is 0.630 e. The summed E-state index contributed by atoms with van der Waals surface area (Å²) in [6, 6.07) is 17.5. The van der Waals surface area contributed by atoms with Crippen molar-refractivity contribution in [3.63, 3.8) is 0 Å². The van der Waals surface area contributed by atoms with Crippen LogP contribution in [0.5, 0.6) is 0 Å². The first kappa shape index (κ1) is 11.8. The van der Waals surface area contributed by atoms with Gasteiger partial charge >= 0.3 is 8.97 Å². The molecule has 2 aromatic rings. The Balaban J connectivity index is 2.48. The van der Waals surface area contributed by atoms with Gasteiger partial charge in [0.25, 0.3) is 0 Å². The van der Waals surface area contributed by atoms with E-state index in [1.165, 1.54) is 0 Å². The molecule has 0 heterocycles. The van der Waals surface area contributed by atoms with Gasteiger partial charge in [-0.3, -0.25) is 0 Å². The van der Waals surface area contributed by atoms with Crippen LogP contribution in [0.25, 0.3) is 0 Å². The van der Waals surface area contributed by atoms with Gasteiger partial charge in [0.1, 0.15) is 0 Å². The fraction of sp³-hybridized carbons (Fsp3) is 0. The summed E-state index contributed by atoms with van der Waals surface area (Å²) in [5, 5.41) is 0. The molecule has 5 heteroatoms. The monoisotopic (exact) mass is 247 g/mol. The molecular weight excluding hydrogens is 234 g/mol. The Hall–Kier alpha value is -1.66. The molecule has 0 saturated carbocycles. The van der Waals surface area contributed by atoms with E-state index in [4.69, 9.17) is 0 Å². The van der Waals surface area contributed by atoms with Crippen LogP contribution in [-0.4, -0.2) is 23.4 Å². The number of hydrogen-bond donors (Lipinski definition) is 3. The number of benzene rings is 2. The van der Waals surface area contributed by atoms with E-state index in [2.05, 4.69) is 0 Å². The van der Waals surface area contributed by atoms with Crippen LogP contribution in [-0.2, 0) is 0 Å². The van der Waals surface area contributed by atoms with Crippen molar-refractivity contribution in [2.75, 3.05) is 4.57 Å². The van der Waals surface area contributed by atoms with Gasteiger partial charge in [0.2, 0.25) is 0 Å². The second-order valence-corrected chi connectivity index (χ2v) is 5.25. The molecule has 0 saturated heterocycles. The van der Waals surface area contributed by atoms with Crippen LogP contribution in [0.3, 0.4) is 0 Å². The molecule has 0 unspecified atom stereocenters. The van der Waals surface area contributed by atoms with Gasteiger partial charge in [-0.05, 0) is 24.3 Å². The van der Waals surface area contributed by atoms with Gasteiger partial charge in [-0.1, -0.05) is 36.4 Å². The Morgan fingerprint density at radius 2 is 1.00 bits per heavy atom. The molecule has 3 N–H and O–H groups in total. The van der Waals surface area contributed by atoms with Crippen molar-refractivity contribution in [3.05, 3.63) is 60.7 Å². The van der Waals surface area contributed by atoms with Gasteiger partial charge in [-0.15, -0.1) is 0 Å². The molecule has 0 aromatic heterocycles. The lowest BCUT2D eigenvalue weighted by atomic mass is 10.3. The average Bonchev–Trinajstić information content (AvgIpc) is 2.30. The van der Waals surface area contributed by atoms with Crippen LogP contribution < -0.4 is 4.57 Å². The maximum absolute atomic E-state index is 9.56. The predicted molar refractivity (Wildman–Crippen MR) is 67.4 cm³/mol. The molecule has 0 bridgehead atoms. The Labute approximate surface area is 100 Å². The average molecular weight is 247 g/mol. The fourth-order valence-electron chi connectivity index (χ4n) is 1.65. The molecule has 2 rings (SSSR count). The lowest BCUT2D eigenvalue weighted by Crippen LogP contribution is -2.52. The summed E-state index contributed by atoms with van der Waals surface area (Å²) in [4.78, 5) is 28.7. The van der Waals surface area contributed by atoms with Crippen molar-refractivity contribution < 1.29 is 14.4 Å². The zero-order chi connectivity index (χ0) is 12.3. The van der Waals surface area contributed by atoms with Crippen molar-refractivity contribution in [2.45, 2.75) is 0 Å². The van der Waals surface area contributed by atoms with Gasteiger partial charge in [0.05, 0.1) is 0 Å². The van der Waals surface area contributed by atoms with E-state index in [9.17, 15) is 14.4 Å². The van der Waals surface area contributed by atoms with E-state index in [0.717, 1.165) is 4.57 Å². The first-order valence-electron chi connectivity index (χ1n) is 5.16. The molecule has 0 aliphatic heterocycles. The molecule has 4 nitrogen and oxygen atoms in total. The van der Waals surface area contributed by atoms with E-state index in [0.29, 0.717) is 11.4 Å². The number of rotatable bonds is 3. The number of para-hydroxylation sites is 2. The minimum Gasteiger partial charge on any atom is -0.373 e. The van der Waals surface area contributed by atoms with E-state index >= 15 is 0 Å². The third-order valence-corrected chi connectivity index (χ3v) is 3.45. The third kappa shape index (κ3) is 2.72. The smallest absolute Gasteiger partial charge is 0.373 e. The van der Waals surface area contributed by atoms with E-state index in [1.54, 1.807) is 48.5 Å². The van der Waals surface area contributed by atoms with Crippen molar-refractivity contribution in [1.29, 1.82) is 0 Å². The third-order valence-electron chi connectivity index (χ3n) is 2.33. The highest BCUT2D eigenvalue weighted by Crippen LogP contribution is 2.27. The quantitative estimate of drug-likeness (QED) is 0.714. The molecule has 0 aliphatic rings. The van der Waals surface area contributed by atoms with Gasteiger partial charge in [0.15, 0.2) is 0 Å². The predicted octanol–water partition coefficient (Wildman–Crippen LogP) is 1.24. The second-order valence-electron chi connectivity index (χ2n) is 3.61. The highest BCUT2D eigenvalue weighted by molar-refractivity contribution is 6.62. The Morgan fingerprint density at radius 1 is 0.647 bits per heavy atom. The molecule has 0 fully saturated rings. The summed E-state index contributed by atoms with van der Waals surface area (Å²) in [5.74, 6) is 0. The van der Waals surface area contributed by atoms with E-state index in [1.807, 2.05) is 12.1 Å². The minimum absolute atomic E-state index is 0.540. The normalized spacial score (nSPS) is 11.2. The van der Waals surface area contributed by atoms with Crippen LogP contribution in [0, 0.1) is 0 Å². The van der Waals surface area contributed by atoms with Crippen LogP contribution in [0.2, 0.25) is 0 Å². The molecule has 0 amide bonds. The molecule has 0 aliphatic carbocycles. The lowest BCUT2D eigenvalue weighted by molar-refractivity contribution is 0.229. The SMILES string of the molecule is O[Si](O)(O)N(c1ccccc1)c1ccccc1. The van der Waals surface area contributed by atoms with E-state index in [-0.39, 0.29) is 0 Å². The molecule has 2 aromatic carbocycles. The first-order chi connectivity index (χ1) is 8.09. The van der Waals surface area contributed by atoms with Crippen LogP contribution >= 0.6 is 0 Å². The van der Waals surface area contributed by atoms with Crippen molar-refractivity contribution >= 4 is 20.3 Å². The fourth-order valence-corrected chi connectivity index (χ4v) is 2.64. The van der Waals surface area contributed by atoms with Crippen LogP contribution in [0.1, 0.15) is 0 Å². The number of anilines is 2. The Kier molecular flexibility index (Phi) is 3.25. The summed E-state index contributed by atoms with van der Waals surface area (Å²) in [5.41, 5.74) is 1.08. The highest BCUT2D eigenvalue weighted by Gasteiger charge is 2.39. The molecule has 0 radical (unpaired) electrons. The van der Waals surface area contributed by atoms with Gasteiger partial charge in [-0.25, -0.2) is 0 Å². The van der Waals surface area contributed by atoms with Crippen molar-refractivity contribution in [3.8, 4) is 0 Å². The van der Waals surface area contributed by atoms with Crippen LogP contribution in [0.15, 0.2) is 60.7 Å². The molecule has 0 spiro atoms. The summed E-state index contributed by atoms with van der Waals surface area (Å²) in [7, 11) is -4.43. The molecular formula is C12H13NO3Si. The van der Waals surface area contributed by atoms with Crippen LogP contribution in [0.4, 0.5) is 11.4 Å². The molecule has 17 heavy (non-hydrogen) atoms. The van der Waals surface area contributed by atoms with Crippen molar-refractivity contribution in [1.82, 2.24) is 0 Å². The van der Waals surface area contributed by atoms with Gasteiger partial charge in [-0.2, -0.15) is 0 Å². The summed E-state index contributed by atoms with van der Waals surface area (Å²) in [6.07, 6.45) is 0. The zero-order valence-corrected chi connectivity index (χ0v) is 10.1. The number of hydrogen-bond acceptors (Lipinski definition) is 4. The highest BCUT2D eigenvalue weighted by atomic mass is 28.4. The van der Waals surface area contributed by atoms with Gasteiger partial charge < -0.3 is 19.0 Å². The number of nitrogens with zero attached hydrogens (tertiary/aromatic N) is 1. The summed E-state index contributed by atoms with van der Waals surface area (Å²) in [6.45, 7) is 0. The molecule has 88 valence electrons. The maximum Gasteiger partial charge on any atom is 0.630 e. The Morgan fingerprint density at radius 3 is 1.29 bits per heavy atom. The summed E-state index contributed by atoms with van der Waals surface area (Å²) >= 11 is 0. The minimum atomic E-state index is -4.43. The zero-order valence-electron chi connectivity index (χ0n) is 9.06.